The Labute approximate surface area is 153 Å². The Hall–Kier alpha value is -3.30. The number of nitrogens with zero attached hydrogens (tertiary/aromatic N) is 2. The lowest BCUT2D eigenvalue weighted by Gasteiger charge is -2.43. The Morgan fingerprint density at radius 3 is 1.46 bits per heavy atom. The Balaban J connectivity index is 2.17. The summed E-state index contributed by atoms with van der Waals surface area (Å²) in [5.41, 5.74) is 2.24. The summed E-state index contributed by atoms with van der Waals surface area (Å²) >= 11 is 0. The number of hydrogen-bond acceptors (Lipinski definition) is 2. The first-order valence-corrected chi connectivity index (χ1v) is 8.49. The normalized spacial score (nSPS) is 18.8. The van der Waals surface area contributed by atoms with Crippen LogP contribution in [0.5, 0.6) is 0 Å². The molecule has 0 spiro atoms. The van der Waals surface area contributed by atoms with Crippen LogP contribution in [-0.4, -0.2) is 17.2 Å². The van der Waals surface area contributed by atoms with Crippen molar-refractivity contribution in [3.05, 3.63) is 120 Å². The summed E-state index contributed by atoms with van der Waals surface area (Å²) in [6.45, 7) is 0. The van der Waals surface area contributed by atoms with Crippen molar-refractivity contribution in [2.24, 2.45) is 4.99 Å². The van der Waals surface area contributed by atoms with Gasteiger partial charge in [0.25, 0.3) is 0 Å². The monoisotopic (exact) mass is 338 g/mol. The lowest BCUT2D eigenvalue weighted by atomic mass is 9.74. The van der Waals surface area contributed by atoms with E-state index >= 15 is 0 Å². The molecule has 1 heterocycles. The van der Waals surface area contributed by atoms with Crippen LogP contribution >= 0.6 is 0 Å². The van der Waals surface area contributed by atoms with E-state index in [4.69, 9.17) is 0 Å². The second-order valence-electron chi connectivity index (χ2n) is 6.25. The molecule has 0 bridgehead atoms. The van der Waals surface area contributed by atoms with Crippen molar-refractivity contribution in [3.63, 3.8) is 0 Å². The van der Waals surface area contributed by atoms with Crippen LogP contribution in [0.3, 0.4) is 0 Å². The number of hydrogen-bond donors (Lipinski definition) is 0. The van der Waals surface area contributed by atoms with Gasteiger partial charge in [0.2, 0.25) is 6.34 Å². The van der Waals surface area contributed by atoms with Crippen molar-refractivity contribution in [3.8, 4) is 0 Å². The van der Waals surface area contributed by atoms with Crippen LogP contribution in [0.15, 0.2) is 102 Å². The van der Waals surface area contributed by atoms with Gasteiger partial charge in [0.1, 0.15) is 6.20 Å². The summed E-state index contributed by atoms with van der Waals surface area (Å²) in [7, 11) is 0. The molecule has 3 aromatic carbocycles. The molecule has 1 amide bonds. The maximum Gasteiger partial charge on any atom is 0.313 e. The molecule has 3 aromatic rings. The van der Waals surface area contributed by atoms with Crippen LogP contribution in [0, 0.1) is 6.20 Å². The molecule has 0 aliphatic carbocycles. The van der Waals surface area contributed by atoms with Crippen LogP contribution in [0.2, 0.25) is 0 Å². The van der Waals surface area contributed by atoms with E-state index in [1.807, 2.05) is 54.6 Å². The minimum absolute atomic E-state index is 0.106. The van der Waals surface area contributed by atoms with E-state index in [2.05, 4.69) is 47.6 Å². The van der Waals surface area contributed by atoms with Gasteiger partial charge >= 0.3 is 6.41 Å². The summed E-state index contributed by atoms with van der Waals surface area (Å²) in [6.07, 6.45) is 7.17. The highest BCUT2D eigenvalue weighted by atomic mass is 16.1. The van der Waals surface area contributed by atoms with Gasteiger partial charge < -0.3 is 0 Å². The van der Waals surface area contributed by atoms with Gasteiger partial charge in [0, 0.05) is 16.7 Å². The van der Waals surface area contributed by atoms with Gasteiger partial charge in [-0.15, -0.1) is 0 Å². The second-order valence-corrected chi connectivity index (χ2v) is 6.25. The van der Waals surface area contributed by atoms with Crippen molar-refractivity contribution in [1.82, 2.24) is 0 Å². The molecule has 125 valence electrons. The number of quaternary nitrogens is 1. The summed E-state index contributed by atoms with van der Waals surface area (Å²) in [5, 5.41) is 0. The first-order chi connectivity index (χ1) is 12.8. The SMILES string of the molecule is O=C[N+]1(C(c2ccccc2)(c2ccccc2)c2ccccc2)C=[C]N=C1. The molecule has 4 rings (SSSR count). The molecule has 1 radical (unpaired) electrons. The molecule has 1 unspecified atom stereocenters. The minimum Gasteiger partial charge on any atom is -0.233 e. The zero-order valence-electron chi connectivity index (χ0n) is 14.2. The van der Waals surface area contributed by atoms with Crippen LogP contribution in [0.1, 0.15) is 16.7 Å². The molecule has 1 aliphatic heterocycles. The molecule has 1 aliphatic rings. The molecule has 0 aromatic heterocycles. The number of benzene rings is 3. The fourth-order valence-corrected chi connectivity index (χ4v) is 3.82. The summed E-state index contributed by atoms with van der Waals surface area (Å²) in [5.74, 6) is 0. The molecule has 0 fully saturated rings. The molecule has 0 saturated heterocycles. The predicted molar refractivity (Wildman–Crippen MR) is 102 cm³/mol. The second kappa shape index (κ2) is 6.54. The van der Waals surface area contributed by atoms with Gasteiger partial charge in [-0.05, 0) is 0 Å². The highest BCUT2D eigenvalue weighted by Crippen LogP contribution is 2.46. The Morgan fingerprint density at radius 1 is 0.731 bits per heavy atom. The number of rotatable bonds is 5. The number of aliphatic imine (C=N–C) groups is 1. The lowest BCUT2D eigenvalue weighted by Crippen LogP contribution is -2.58. The standard InChI is InChI=1S/C23H18N2O/c26-19-25(17-16-24-18-25)23(20-10-4-1-5-11-20,21-12-6-2-7-13-21)22-14-8-3-9-15-22/h1-15,17-19H/q+1. The third kappa shape index (κ3) is 2.25. The van der Waals surface area contributed by atoms with Gasteiger partial charge in [-0.2, -0.15) is 9.48 Å². The van der Waals surface area contributed by atoms with Crippen LogP contribution in [-0.2, 0) is 10.3 Å². The molecular formula is C23H18N2O+. The number of carbonyl (C=O) groups excluding carboxylic acids is 1. The van der Waals surface area contributed by atoms with Gasteiger partial charge in [0.05, 0.1) is 0 Å². The third-order valence-electron chi connectivity index (χ3n) is 4.92. The molecule has 26 heavy (non-hydrogen) atoms. The predicted octanol–water partition coefficient (Wildman–Crippen LogP) is 4.27. The van der Waals surface area contributed by atoms with E-state index in [9.17, 15) is 4.79 Å². The lowest BCUT2D eigenvalue weighted by molar-refractivity contribution is -0.745. The van der Waals surface area contributed by atoms with E-state index in [-0.39, 0.29) is 4.48 Å². The first-order valence-electron chi connectivity index (χ1n) is 8.49. The third-order valence-corrected chi connectivity index (χ3v) is 4.92. The zero-order chi connectivity index (χ0) is 17.9. The Bertz CT molecular complexity index is 839. The summed E-state index contributed by atoms with van der Waals surface area (Å²) in [6, 6.07) is 30.3. The van der Waals surface area contributed by atoms with Crippen LogP contribution in [0.25, 0.3) is 0 Å². The molecular weight excluding hydrogens is 320 g/mol. The number of carbonyl (C=O) groups is 1. The fraction of sp³-hybridized carbons (Fsp3) is 0.0435. The van der Waals surface area contributed by atoms with Gasteiger partial charge in [0.15, 0.2) is 11.7 Å². The smallest absolute Gasteiger partial charge is 0.233 e. The zero-order valence-corrected chi connectivity index (χ0v) is 14.2. The van der Waals surface area contributed by atoms with Gasteiger partial charge in [-0.25, -0.2) is 4.79 Å². The van der Waals surface area contributed by atoms with Crippen molar-refractivity contribution < 1.29 is 9.28 Å². The van der Waals surface area contributed by atoms with Crippen LogP contribution in [0.4, 0.5) is 0 Å². The van der Waals surface area contributed by atoms with E-state index in [0.29, 0.717) is 0 Å². The van der Waals surface area contributed by atoms with Crippen molar-refractivity contribution >= 4 is 12.7 Å². The summed E-state index contributed by atoms with van der Waals surface area (Å²) in [4.78, 5) is 16.7. The van der Waals surface area contributed by atoms with Crippen molar-refractivity contribution in [1.29, 1.82) is 0 Å². The highest BCUT2D eigenvalue weighted by Gasteiger charge is 2.55. The van der Waals surface area contributed by atoms with Gasteiger partial charge in [-0.3, -0.25) is 0 Å². The average molecular weight is 338 g/mol. The maximum atomic E-state index is 12.5. The van der Waals surface area contributed by atoms with Crippen LogP contribution < -0.4 is 0 Å². The largest absolute Gasteiger partial charge is 0.313 e. The maximum absolute atomic E-state index is 12.5. The molecule has 3 heteroatoms. The van der Waals surface area contributed by atoms with E-state index in [0.717, 1.165) is 23.1 Å². The van der Waals surface area contributed by atoms with E-state index < -0.39 is 5.54 Å². The highest BCUT2D eigenvalue weighted by molar-refractivity contribution is 5.68. The molecule has 1 atom stereocenters. The minimum atomic E-state index is -0.793. The molecule has 3 nitrogen and oxygen atoms in total. The molecule has 0 saturated carbocycles. The number of amides is 1. The summed E-state index contributed by atoms with van der Waals surface area (Å²) < 4.78 is -0.106. The van der Waals surface area contributed by atoms with E-state index in [1.165, 1.54) is 0 Å². The average Bonchev–Trinajstić information content (AvgIpc) is 3.22. The Morgan fingerprint density at radius 2 is 1.15 bits per heavy atom. The molecule has 0 N–H and O–H groups in total. The van der Waals surface area contributed by atoms with Crippen molar-refractivity contribution in [2.45, 2.75) is 5.54 Å². The van der Waals surface area contributed by atoms with Crippen molar-refractivity contribution in [2.75, 3.05) is 0 Å². The topological polar surface area (TPSA) is 29.4 Å². The fourth-order valence-electron chi connectivity index (χ4n) is 3.82. The van der Waals surface area contributed by atoms with E-state index in [1.54, 1.807) is 12.5 Å². The first kappa shape index (κ1) is 16.2. The van der Waals surface area contributed by atoms with Gasteiger partial charge in [-0.1, -0.05) is 91.0 Å². The quantitative estimate of drug-likeness (QED) is 0.388. The Kier molecular flexibility index (Phi) is 4.07.